The highest BCUT2D eigenvalue weighted by atomic mass is 19.1. The number of ether oxygens (including phenoxy) is 1. The number of fused-ring (bicyclic) bond motifs is 1. The standard InChI is InChI=1S/C22H19FN4O2/c1-13-19-12-25-27(21-18(23)7-4-10-24-21)22(28)26(19)14(2)20(13)15-5-3-6-17(11-15)29-16-8-9-16/h3-7,10-12,16H,8-9H2,1-2H3. The number of hydrogen-bond donors (Lipinski definition) is 0. The molecule has 1 fully saturated rings. The maximum atomic E-state index is 14.2. The number of aromatic nitrogens is 4. The smallest absolute Gasteiger partial charge is 0.355 e. The quantitative estimate of drug-likeness (QED) is 0.531. The second-order valence-corrected chi connectivity index (χ2v) is 7.30. The average molecular weight is 390 g/mol. The molecule has 3 aromatic heterocycles. The van der Waals surface area contributed by atoms with Gasteiger partial charge in [0.05, 0.1) is 17.8 Å². The molecule has 0 saturated heterocycles. The van der Waals surface area contributed by atoms with E-state index in [-0.39, 0.29) is 5.82 Å². The van der Waals surface area contributed by atoms with Gasteiger partial charge in [-0.25, -0.2) is 14.2 Å². The zero-order valence-electron chi connectivity index (χ0n) is 16.1. The number of benzene rings is 1. The van der Waals surface area contributed by atoms with Crippen LogP contribution in [-0.2, 0) is 0 Å². The van der Waals surface area contributed by atoms with E-state index in [1.165, 1.54) is 18.3 Å². The van der Waals surface area contributed by atoms with Crippen molar-refractivity contribution in [3.63, 3.8) is 0 Å². The molecular formula is C22H19FN4O2. The summed E-state index contributed by atoms with van der Waals surface area (Å²) in [5.41, 5.74) is 3.84. The minimum absolute atomic E-state index is 0.119. The van der Waals surface area contributed by atoms with Gasteiger partial charge in [0.15, 0.2) is 11.6 Å². The second kappa shape index (κ2) is 6.55. The van der Waals surface area contributed by atoms with E-state index in [4.69, 9.17) is 4.74 Å². The number of halogens is 1. The third kappa shape index (κ3) is 2.90. The minimum atomic E-state index is -0.604. The van der Waals surface area contributed by atoms with E-state index in [1.54, 1.807) is 10.6 Å². The normalized spacial score (nSPS) is 13.8. The van der Waals surface area contributed by atoms with E-state index >= 15 is 0 Å². The van der Waals surface area contributed by atoms with E-state index in [9.17, 15) is 9.18 Å². The number of pyridine rings is 1. The first-order valence-electron chi connectivity index (χ1n) is 9.52. The highest BCUT2D eigenvalue weighted by molar-refractivity contribution is 5.79. The summed E-state index contributed by atoms with van der Waals surface area (Å²) in [7, 11) is 0. The van der Waals surface area contributed by atoms with E-state index < -0.39 is 11.5 Å². The topological polar surface area (TPSA) is 61.4 Å². The molecule has 146 valence electrons. The fourth-order valence-corrected chi connectivity index (χ4v) is 3.72. The zero-order valence-corrected chi connectivity index (χ0v) is 16.1. The first-order chi connectivity index (χ1) is 14.0. The molecule has 0 bridgehead atoms. The molecule has 1 aliphatic carbocycles. The van der Waals surface area contributed by atoms with Gasteiger partial charge in [-0.05, 0) is 62.1 Å². The lowest BCUT2D eigenvalue weighted by atomic mass is 10.0. The van der Waals surface area contributed by atoms with Crippen LogP contribution in [0.4, 0.5) is 4.39 Å². The average Bonchev–Trinajstić information content (AvgIpc) is 3.48. The molecule has 3 heterocycles. The van der Waals surface area contributed by atoms with Crippen molar-refractivity contribution in [3.8, 4) is 22.7 Å². The Balaban J connectivity index is 1.70. The molecule has 0 atom stereocenters. The van der Waals surface area contributed by atoms with E-state index in [0.717, 1.165) is 45.7 Å². The predicted molar refractivity (Wildman–Crippen MR) is 107 cm³/mol. The van der Waals surface area contributed by atoms with Crippen LogP contribution in [0.3, 0.4) is 0 Å². The van der Waals surface area contributed by atoms with Crippen LogP contribution in [0.1, 0.15) is 24.1 Å². The molecule has 1 aromatic carbocycles. The number of aryl methyl sites for hydroxylation is 2. The van der Waals surface area contributed by atoms with E-state index in [2.05, 4.69) is 10.1 Å². The summed E-state index contributed by atoms with van der Waals surface area (Å²) in [6, 6.07) is 10.6. The fourth-order valence-electron chi connectivity index (χ4n) is 3.72. The lowest BCUT2D eigenvalue weighted by Crippen LogP contribution is -2.29. The molecule has 0 spiro atoms. The van der Waals surface area contributed by atoms with Crippen LogP contribution in [0.25, 0.3) is 22.5 Å². The molecule has 4 aromatic rings. The summed E-state index contributed by atoms with van der Waals surface area (Å²) in [6.45, 7) is 3.84. The molecule has 0 N–H and O–H groups in total. The Kier molecular flexibility index (Phi) is 3.97. The van der Waals surface area contributed by atoms with Gasteiger partial charge in [0.2, 0.25) is 0 Å². The van der Waals surface area contributed by atoms with Gasteiger partial charge < -0.3 is 4.74 Å². The first-order valence-corrected chi connectivity index (χ1v) is 9.52. The molecule has 0 aliphatic heterocycles. The van der Waals surface area contributed by atoms with E-state index in [1.807, 2.05) is 38.1 Å². The summed E-state index contributed by atoms with van der Waals surface area (Å²) < 4.78 is 22.6. The summed E-state index contributed by atoms with van der Waals surface area (Å²) in [5, 5.41) is 4.17. The van der Waals surface area contributed by atoms with Crippen molar-refractivity contribution in [2.75, 3.05) is 0 Å². The van der Waals surface area contributed by atoms with E-state index in [0.29, 0.717) is 11.6 Å². The second-order valence-electron chi connectivity index (χ2n) is 7.30. The van der Waals surface area contributed by atoms with Crippen LogP contribution < -0.4 is 10.4 Å². The van der Waals surface area contributed by atoms with Crippen LogP contribution in [0, 0.1) is 19.7 Å². The predicted octanol–water partition coefficient (Wildman–Crippen LogP) is 3.84. The zero-order chi connectivity index (χ0) is 20.1. The highest BCUT2D eigenvalue weighted by Crippen LogP contribution is 2.34. The van der Waals surface area contributed by atoms with Gasteiger partial charge in [0.1, 0.15) is 5.75 Å². The van der Waals surface area contributed by atoms with Crippen molar-refractivity contribution < 1.29 is 9.13 Å². The van der Waals surface area contributed by atoms with Gasteiger partial charge in [0.25, 0.3) is 0 Å². The van der Waals surface area contributed by atoms with Gasteiger partial charge in [0, 0.05) is 17.5 Å². The SMILES string of the molecule is Cc1c(-c2cccc(OC3CC3)c2)c(C)n2c(=O)n(-c3ncccc3F)ncc12. The maximum absolute atomic E-state index is 14.2. The first kappa shape index (κ1) is 17.6. The number of nitrogens with zero attached hydrogens (tertiary/aromatic N) is 4. The molecule has 1 saturated carbocycles. The summed E-state index contributed by atoms with van der Waals surface area (Å²) in [6.07, 6.45) is 5.50. The molecule has 0 radical (unpaired) electrons. The lowest BCUT2D eigenvalue weighted by molar-refractivity contribution is 0.303. The third-order valence-corrected chi connectivity index (χ3v) is 5.25. The Bertz CT molecular complexity index is 1300. The van der Waals surface area contributed by atoms with Gasteiger partial charge in [-0.3, -0.25) is 4.40 Å². The monoisotopic (exact) mass is 390 g/mol. The van der Waals surface area contributed by atoms with Crippen LogP contribution >= 0.6 is 0 Å². The molecule has 29 heavy (non-hydrogen) atoms. The molecule has 6 nitrogen and oxygen atoms in total. The summed E-state index contributed by atoms with van der Waals surface area (Å²) in [4.78, 5) is 17.1. The number of hydrogen-bond acceptors (Lipinski definition) is 4. The van der Waals surface area contributed by atoms with Crippen molar-refractivity contribution in [2.45, 2.75) is 32.8 Å². The summed E-state index contributed by atoms with van der Waals surface area (Å²) >= 11 is 0. The van der Waals surface area contributed by atoms with Gasteiger partial charge in [-0.2, -0.15) is 9.78 Å². The third-order valence-electron chi connectivity index (χ3n) is 5.25. The van der Waals surface area contributed by atoms with Crippen molar-refractivity contribution in [1.29, 1.82) is 0 Å². The molecule has 7 heteroatoms. The Morgan fingerprint density at radius 2 is 2.00 bits per heavy atom. The summed E-state index contributed by atoms with van der Waals surface area (Å²) in [5.74, 6) is 0.102. The fraction of sp³-hybridized carbons (Fsp3) is 0.227. The Labute approximate surface area is 166 Å². The van der Waals surface area contributed by atoms with Crippen molar-refractivity contribution >= 4 is 5.52 Å². The van der Waals surface area contributed by atoms with Crippen molar-refractivity contribution in [2.24, 2.45) is 0 Å². The Morgan fingerprint density at radius 1 is 1.17 bits per heavy atom. The molecular weight excluding hydrogens is 371 g/mol. The van der Waals surface area contributed by atoms with Crippen LogP contribution in [0.15, 0.2) is 53.6 Å². The molecule has 0 amide bonds. The van der Waals surface area contributed by atoms with Gasteiger partial charge in [-0.15, -0.1) is 0 Å². The molecule has 5 rings (SSSR count). The highest BCUT2D eigenvalue weighted by Gasteiger charge is 2.24. The van der Waals surface area contributed by atoms with Gasteiger partial charge in [-0.1, -0.05) is 12.1 Å². The van der Waals surface area contributed by atoms with Crippen LogP contribution in [0.5, 0.6) is 5.75 Å². The van der Waals surface area contributed by atoms with Crippen LogP contribution in [-0.4, -0.2) is 25.3 Å². The van der Waals surface area contributed by atoms with Gasteiger partial charge >= 0.3 is 5.69 Å². The van der Waals surface area contributed by atoms with Crippen molar-refractivity contribution in [1.82, 2.24) is 19.2 Å². The Morgan fingerprint density at radius 3 is 2.76 bits per heavy atom. The largest absolute Gasteiger partial charge is 0.490 e. The minimum Gasteiger partial charge on any atom is -0.490 e. The maximum Gasteiger partial charge on any atom is 0.355 e. The van der Waals surface area contributed by atoms with Crippen molar-refractivity contribution in [3.05, 3.63) is 76.4 Å². The lowest BCUT2D eigenvalue weighted by Gasteiger charge is -2.08. The number of rotatable bonds is 4. The van der Waals surface area contributed by atoms with Crippen LogP contribution in [0.2, 0.25) is 0 Å². The molecule has 0 unspecified atom stereocenters. The Hall–Kier alpha value is -3.48. The molecule has 1 aliphatic rings.